The zero-order valence-electron chi connectivity index (χ0n) is 18.3. The van der Waals surface area contributed by atoms with E-state index in [0.717, 1.165) is 33.8 Å². The number of nitrogens with one attached hydrogen (secondary N) is 1. The molecule has 5 aromatic rings. The summed E-state index contributed by atoms with van der Waals surface area (Å²) < 4.78 is 26.5. The molecule has 0 unspecified atom stereocenters. The standard InChI is InChI=1S/C26H23N5O2S/c27-25-22-16-19(10-13-23(22)30-26(28)31-25)29-15-14-17-8-11-20(12-9-17)34(32,33)24-7-3-5-18-4-1-2-6-21(18)24/h1-13,16,29H,14-15H2,(H4,27,28,30,31). The highest BCUT2D eigenvalue weighted by molar-refractivity contribution is 7.91. The van der Waals surface area contributed by atoms with E-state index in [1.807, 2.05) is 60.7 Å². The first-order valence-electron chi connectivity index (χ1n) is 10.8. The SMILES string of the molecule is Nc1nc(N)c2cc(NCCc3ccc(S(=O)(=O)c4cccc5ccccc45)cc3)ccc2n1. The predicted molar refractivity (Wildman–Crippen MR) is 136 cm³/mol. The third kappa shape index (κ3) is 4.11. The first-order chi connectivity index (χ1) is 16.4. The van der Waals surface area contributed by atoms with Crippen molar-refractivity contribution in [2.45, 2.75) is 16.2 Å². The normalized spacial score (nSPS) is 11.6. The predicted octanol–water partition coefficient (Wildman–Crippen LogP) is 4.43. The van der Waals surface area contributed by atoms with Gasteiger partial charge in [-0.15, -0.1) is 0 Å². The van der Waals surface area contributed by atoms with Gasteiger partial charge in [-0.2, -0.15) is 4.98 Å². The molecule has 34 heavy (non-hydrogen) atoms. The summed E-state index contributed by atoms with van der Waals surface area (Å²) in [6.07, 6.45) is 0.723. The van der Waals surface area contributed by atoms with Crippen LogP contribution in [0.4, 0.5) is 17.5 Å². The lowest BCUT2D eigenvalue weighted by Crippen LogP contribution is -2.06. The molecule has 0 saturated heterocycles. The van der Waals surface area contributed by atoms with E-state index in [9.17, 15) is 8.42 Å². The lowest BCUT2D eigenvalue weighted by Gasteiger charge is -2.10. The van der Waals surface area contributed by atoms with E-state index >= 15 is 0 Å². The van der Waals surface area contributed by atoms with E-state index < -0.39 is 9.84 Å². The number of aromatic nitrogens is 2. The molecule has 4 aromatic carbocycles. The van der Waals surface area contributed by atoms with Crippen LogP contribution in [0.15, 0.2) is 94.7 Å². The van der Waals surface area contributed by atoms with Crippen molar-refractivity contribution in [2.75, 3.05) is 23.3 Å². The summed E-state index contributed by atoms with van der Waals surface area (Å²) in [6.45, 7) is 0.663. The van der Waals surface area contributed by atoms with Crippen LogP contribution in [-0.2, 0) is 16.3 Å². The molecule has 0 fully saturated rings. The third-order valence-electron chi connectivity index (χ3n) is 5.76. The lowest BCUT2D eigenvalue weighted by molar-refractivity contribution is 0.597. The Balaban J connectivity index is 1.30. The fraction of sp³-hybridized carbons (Fsp3) is 0.0769. The molecular weight excluding hydrogens is 446 g/mol. The van der Waals surface area contributed by atoms with Gasteiger partial charge < -0.3 is 16.8 Å². The number of benzene rings is 4. The van der Waals surface area contributed by atoms with Crippen molar-refractivity contribution < 1.29 is 8.42 Å². The van der Waals surface area contributed by atoms with E-state index in [1.54, 1.807) is 24.3 Å². The number of rotatable bonds is 6. The summed E-state index contributed by atoms with van der Waals surface area (Å²) in [5.74, 6) is 0.491. The van der Waals surface area contributed by atoms with Gasteiger partial charge in [-0.1, -0.05) is 48.5 Å². The van der Waals surface area contributed by atoms with E-state index in [0.29, 0.717) is 22.8 Å². The minimum atomic E-state index is -3.62. The minimum absolute atomic E-state index is 0.150. The molecule has 0 radical (unpaired) electrons. The Hall–Kier alpha value is -4.17. The fourth-order valence-electron chi connectivity index (χ4n) is 4.02. The molecule has 0 aliphatic rings. The van der Waals surface area contributed by atoms with Gasteiger partial charge in [0.1, 0.15) is 5.82 Å². The van der Waals surface area contributed by atoms with Gasteiger partial charge >= 0.3 is 0 Å². The molecule has 170 valence electrons. The van der Waals surface area contributed by atoms with E-state index in [1.165, 1.54) is 0 Å². The third-order valence-corrected chi connectivity index (χ3v) is 7.59. The average Bonchev–Trinajstić information content (AvgIpc) is 2.84. The fourth-order valence-corrected chi connectivity index (χ4v) is 5.51. The zero-order chi connectivity index (χ0) is 23.7. The van der Waals surface area contributed by atoms with Crippen LogP contribution in [0.1, 0.15) is 5.56 Å². The molecule has 0 aliphatic heterocycles. The Bertz CT molecular complexity index is 1610. The Labute approximate surface area is 197 Å². The van der Waals surface area contributed by atoms with Crippen LogP contribution < -0.4 is 16.8 Å². The van der Waals surface area contributed by atoms with Crippen LogP contribution in [-0.4, -0.2) is 24.9 Å². The Morgan fingerprint density at radius 1 is 0.794 bits per heavy atom. The van der Waals surface area contributed by atoms with Crippen LogP contribution in [0.25, 0.3) is 21.7 Å². The van der Waals surface area contributed by atoms with Crippen molar-refractivity contribution in [3.05, 3.63) is 90.5 Å². The maximum Gasteiger partial charge on any atom is 0.222 e. The Morgan fingerprint density at radius 2 is 1.56 bits per heavy atom. The maximum atomic E-state index is 13.3. The van der Waals surface area contributed by atoms with E-state index in [2.05, 4.69) is 15.3 Å². The molecule has 0 bridgehead atoms. The maximum absolute atomic E-state index is 13.3. The zero-order valence-corrected chi connectivity index (χ0v) is 19.1. The van der Waals surface area contributed by atoms with Gasteiger partial charge in [0.2, 0.25) is 15.8 Å². The monoisotopic (exact) mass is 469 g/mol. The van der Waals surface area contributed by atoms with Crippen molar-refractivity contribution >= 4 is 49.0 Å². The second-order valence-corrected chi connectivity index (χ2v) is 9.92. The quantitative estimate of drug-likeness (QED) is 0.336. The molecule has 8 heteroatoms. The van der Waals surface area contributed by atoms with Gasteiger partial charge in [-0.3, -0.25) is 0 Å². The van der Waals surface area contributed by atoms with Crippen molar-refractivity contribution in [3.8, 4) is 0 Å². The number of sulfone groups is 1. The van der Waals surface area contributed by atoms with Gasteiger partial charge in [0.05, 0.1) is 15.3 Å². The number of nitrogens with zero attached hydrogens (tertiary/aromatic N) is 2. The number of nitrogen functional groups attached to an aromatic ring is 2. The molecule has 5 N–H and O–H groups in total. The molecule has 7 nitrogen and oxygen atoms in total. The number of fused-ring (bicyclic) bond motifs is 2. The molecule has 0 aliphatic carbocycles. The summed E-state index contributed by atoms with van der Waals surface area (Å²) in [7, 11) is -3.62. The van der Waals surface area contributed by atoms with Crippen molar-refractivity contribution in [1.29, 1.82) is 0 Å². The molecule has 5 rings (SSSR count). The van der Waals surface area contributed by atoms with Crippen molar-refractivity contribution in [3.63, 3.8) is 0 Å². The van der Waals surface area contributed by atoms with Gasteiger partial charge in [0.25, 0.3) is 0 Å². The van der Waals surface area contributed by atoms with E-state index in [-0.39, 0.29) is 10.8 Å². The molecule has 0 amide bonds. The minimum Gasteiger partial charge on any atom is -0.385 e. The van der Waals surface area contributed by atoms with Crippen LogP contribution >= 0.6 is 0 Å². The summed E-state index contributed by atoms with van der Waals surface area (Å²) in [5, 5.41) is 5.72. The number of hydrogen-bond donors (Lipinski definition) is 3. The number of anilines is 3. The molecule has 0 atom stereocenters. The largest absolute Gasteiger partial charge is 0.385 e. The Kier molecular flexibility index (Phi) is 5.51. The first-order valence-corrected chi connectivity index (χ1v) is 12.3. The van der Waals surface area contributed by atoms with Crippen molar-refractivity contribution in [1.82, 2.24) is 9.97 Å². The topological polar surface area (TPSA) is 124 Å². The second kappa shape index (κ2) is 8.64. The highest BCUT2D eigenvalue weighted by Crippen LogP contribution is 2.28. The summed E-state index contributed by atoms with van der Waals surface area (Å²) in [5.41, 5.74) is 14.2. The molecular formula is C26H23N5O2S. The number of hydrogen-bond acceptors (Lipinski definition) is 7. The second-order valence-electron chi connectivity index (χ2n) is 8.00. The molecule has 0 spiro atoms. The van der Waals surface area contributed by atoms with Gasteiger partial charge in [0, 0.05) is 23.0 Å². The average molecular weight is 470 g/mol. The smallest absolute Gasteiger partial charge is 0.222 e. The van der Waals surface area contributed by atoms with Gasteiger partial charge in [0.15, 0.2) is 0 Å². The van der Waals surface area contributed by atoms with Crippen LogP contribution in [0.2, 0.25) is 0 Å². The summed E-state index contributed by atoms with van der Waals surface area (Å²) in [6, 6.07) is 25.6. The van der Waals surface area contributed by atoms with E-state index in [4.69, 9.17) is 11.5 Å². The molecule has 1 aromatic heterocycles. The molecule has 0 saturated carbocycles. The first kappa shape index (κ1) is 21.7. The van der Waals surface area contributed by atoms with Gasteiger partial charge in [-0.25, -0.2) is 13.4 Å². The lowest BCUT2D eigenvalue weighted by atomic mass is 10.1. The highest BCUT2D eigenvalue weighted by Gasteiger charge is 2.20. The molecule has 1 heterocycles. The van der Waals surface area contributed by atoms with Crippen molar-refractivity contribution in [2.24, 2.45) is 0 Å². The van der Waals surface area contributed by atoms with Crippen LogP contribution in [0.3, 0.4) is 0 Å². The summed E-state index contributed by atoms with van der Waals surface area (Å²) in [4.78, 5) is 8.79. The van der Waals surface area contributed by atoms with Crippen LogP contribution in [0.5, 0.6) is 0 Å². The van der Waals surface area contributed by atoms with Crippen LogP contribution in [0, 0.1) is 0 Å². The van der Waals surface area contributed by atoms with Gasteiger partial charge in [-0.05, 0) is 53.8 Å². The Morgan fingerprint density at radius 3 is 2.38 bits per heavy atom. The highest BCUT2D eigenvalue weighted by atomic mass is 32.2. The number of nitrogens with two attached hydrogens (primary N) is 2. The summed E-state index contributed by atoms with van der Waals surface area (Å²) >= 11 is 0.